The molecule has 2 fully saturated rings. The third kappa shape index (κ3) is 3.56. The summed E-state index contributed by atoms with van der Waals surface area (Å²) in [6.45, 7) is 12.8. The quantitative estimate of drug-likeness (QED) is 0.830. The molecule has 2 saturated heterocycles. The zero-order chi connectivity index (χ0) is 18.2. The van der Waals surface area contributed by atoms with Crippen LogP contribution in [0.4, 0.5) is 9.18 Å². The topological polar surface area (TPSA) is 32.8 Å². The Morgan fingerprint density at radius 2 is 1.80 bits per heavy atom. The van der Waals surface area contributed by atoms with Crippen LogP contribution in [0.5, 0.6) is 0 Å². The maximum Gasteiger partial charge on any atom is 0.415 e. The first-order chi connectivity index (χ1) is 11.7. The van der Waals surface area contributed by atoms with Crippen LogP contribution in [0.15, 0.2) is 36.5 Å². The summed E-state index contributed by atoms with van der Waals surface area (Å²) in [5.74, 6) is -0.200. The summed E-state index contributed by atoms with van der Waals surface area (Å²) in [6.07, 6.45) is 2.15. The minimum atomic E-state index is -0.545. The van der Waals surface area contributed by atoms with Gasteiger partial charge in [-0.1, -0.05) is 18.7 Å². The van der Waals surface area contributed by atoms with Gasteiger partial charge in [-0.3, -0.25) is 4.90 Å². The van der Waals surface area contributed by atoms with Crippen LogP contribution in [0.25, 0.3) is 0 Å². The van der Waals surface area contributed by atoms with Crippen LogP contribution in [0.2, 0.25) is 0 Å². The van der Waals surface area contributed by atoms with Gasteiger partial charge in [0.25, 0.3) is 0 Å². The van der Waals surface area contributed by atoms with E-state index < -0.39 is 5.60 Å². The molecule has 136 valence electrons. The van der Waals surface area contributed by atoms with Crippen molar-refractivity contribution in [2.24, 2.45) is 0 Å². The van der Waals surface area contributed by atoms with Gasteiger partial charge in [-0.25, -0.2) is 9.18 Å². The first-order valence-electron chi connectivity index (χ1n) is 8.91. The molecule has 1 amide bonds. The van der Waals surface area contributed by atoms with Gasteiger partial charge >= 0.3 is 6.09 Å². The van der Waals surface area contributed by atoms with E-state index >= 15 is 0 Å². The number of nitrogens with zero attached hydrogens (tertiary/aromatic N) is 2. The van der Waals surface area contributed by atoms with Gasteiger partial charge in [0.15, 0.2) is 5.60 Å². The number of amides is 1. The summed E-state index contributed by atoms with van der Waals surface area (Å²) in [5.41, 5.74) is 1.06. The molecule has 0 aliphatic carbocycles. The number of benzene rings is 1. The van der Waals surface area contributed by atoms with E-state index in [4.69, 9.17) is 4.74 Å². The zero-order valence-electron chi connectivity index (χ0n) is 15.3. The molecule has 2 aliphatic heterocycles. The summed E-state index contributed by atoms with van der Waals surface area (Å²) < 4.78 is 18.8. The number of halogens is 1. The molecule has 5 heteroatoms. The van der Waals surface area contributed by atoms with Gasteiger partial charge in [-0.05, 0) is 44.9 Å². The normalized spacial score (nSPS) is 21.0. The first kappa shape index (κ1) is 17.9. The molecular formula is C20H27FN2O2. The fourth-order valence-corrected chi connectivity index (χ4v) is 3.73. The highest BCUT2D eigenvalue weighted by molar-refractivity contribution is 5.76. The average molecular weight is 346 g/mol. The third-order valence-electron chi connectivity index (χ3n) is 5.23. The van der Waals surface area contributed by atoms with Crippen LogP contribution in [0, 0.1) is 5.82 Å². The standard InChI is InChI=1S/C20H27FN2O2/c1-15-20(25-18(24)23(15)19(2,3)4)10-13-22(14-11-20)12-9-16-5-7-17(21)8-6-16/h5-8H,1,9-14H2,2-4H3. The van der Waals surface area contributed by atoms with E-state index in [0.29, 0.717) is 0 Å². The maximum atomic E-state index is 13.0. The summed E-state index contributed by atoms with van der Waals surface area (Å²) >= 11 is 0. The van der Waals surface area contributed by atoms with Crippen molar-refractivity contribution in [3.8, 4) is 0 Å². The third-order valence-corrected chi connectivity index (χ3v) is 5.23. The van der Waals surface area contributed by atoms with E-state index in [-0.39, 0.29) is 17.4 Å². The Hall–Kier alpha value is -1.88. The molecule has 0 N–H and O–H groups in total. The van der Waals surface area contributed by atoms with Crippen molar-refractivity contribution in [2.45, 2.75) is 51.2 Å². The molecular weight excluding hydrogens is 319 g/mol. The van der Waals surface area contributed by atoms with E-state index in [9.17, 15) is 9.18 Å². The van der Waals surface area contributed by atoms with Crippen LogP contribution >= 0.6 is 0 Å². The van der Waals surface area contributed by atoms with Crippen molar-refractivity contribution in [1.82, 2.24) is 9.80 Å². The highest BCUT2D eigenvalue weighted by Gasteiger charge is 2.53. The minimum Gasteiger partial charge on any atom is -0.436 e. The van der Waals surface area contributed by atoms with Crippen LogP contribution in [-0.2, 0) is 11.2 Å². The minimum absolute atomic E-state index is 0.200. The van der Waals surface area contributed by atoms with Crippen molar-refractivity contribution in [3.05, 3.63) is 47.9 Å². The number of piperidine rings is 1. The Morgan fingerprint density at radius 1 is 1.20 bits per heavy atom. The van der Waals surface area contributed by atoms with Gasteiger partial charge < -0.3 is 9.64 Å². The van der Waals surface area contributed by atoms with Crippen LogP contribution < -0.4 is 0 Å². The van der Waals surface area contributed by atoms with Crippen LogP contribution in [0.1, 0.15) is 39.2 Å². The van der Waals surface area contributed by atoms with Gasteiger partial charge in [0, 0.05) is 38.0 Å². The predicted molar refractivity (Wildman–Crippen MR) is 95.7 cm³/mol. The number of hydrogen-bond acceptors (Lipinski definition) is 3. The zero-order valence-corrected chi connectivity index (χ0v) is 15.3. The largest absolute Gasteiger partial charge is 0.436 e. The fourth-order valence-electron chi connectivity index (χ4n) is 3.73. The molecule has 2 heterocycles. The smallest absolute Gasteiger partial charge is 0.415 e. The molecule has 0 aromatic heterocycles. The second kappa shape index (κ2) is 6.45. The number of ether oxygens (including phenoxy) is 1. The molecule has 1 spiro atoms. The highest BCUT2D eigenvalue weighted by Crippen LogP contribution is 2.43. The molecule has 0 bridgehead atoms. The molecule has 0 radical (unpaired) electrons. The Balaban J connectivity index is 1.57. The molecule has 0 unspecified atom stereocenters. The van der Waals surface area contributed by atoms with E-state index in [1.165, 1.54) is 12.1 Å². The molecule has 25 heavy (non-hydrogen) atoms. The molecule has 0 saturated carbocycles. The number of likely N-dealkylation sites (tertiary alicyclic amines) is 1. The summed E-state index contributed by atoms with van der Waals surface area (Å²) in [7, 11) is 0. The lowest BCUT2D eigenvalue weighted by Gasteiger charge is -2.39. The van der Waals surface area contributed by atoms with Gasteiger partial charge in [0.05, 0.1) is 5.70 Å². The first-order valence-corrected chi connectivity index (χ1v) is 8.91. The van der Waals surface area contributed by atoms with Crippen LogP contribution in [-0.4, -0.2) is 46.7 Å². The molecule has 1 aromatic rings. The molecule has 3 rings (SSSR count). The van der Waals surface area contributed by atoms with Gasteiger partial charge in [-0.2, -0.15) is 0 Å². The summed E-state index contributed by atoms with van der Waals surface area (Å²) in [5, 5.41) is 0. The fraction of sp³-hybridized carbons (Fsp3) is 0.550. The van der Waals surface area contributed by atoms with Gasteiger partial charge in [0.2, 0.25) is 0 Å². The van der Waals surface area contributed by atoms with E-state index in [1.54, 1.807) is 4.90 Å². The number of rotatable bonds is 3. The lowest BCUT2D eigenvalue weighted by Crippen LogP contribution is -2.47. The van der Waals surface area contributed by atoms with Crippen molar-refractivity contribution >= 4 is 6.09 Å². The monoisotopic (exact) mass is 346 g/mol. The second-order valence-electron chi connectivity index (χ2n) is 8.03. The molecule has 4 nitrogen and oxygen atoms in total. The van der Waals surface area contributed by atoms with Crippen molar-refractivity contribution in [2.75, 3.05) is 19.6 Å². The average Bonchev–Trinajstić information content (AvgIpc) is 2.78. The SMILES string of the molecule is C=C1N(C(C)(C)C)C(=O)OC12CCN(CCc1ccc(F)cc1)CC2. The Bertz CT molecular complexity index is 655. The van der Waals surface area contributed by atoms with Gasteiger partial charge in [-0.15, -0.1) is 0 Å². The number of hydrogen-bond donors (Lipinski definition) is 0. The predicted octanol–water partition coefficient (Wildman–Crippen LogP) is 3.97. The number of carbonyl (C=O) groups is 1. The molecule has 2 aliphatic rings. The van der Waals surface area contributed by atoms with E-state index in [0.717, 1.165) is 50.2 Å². The Morgan fingerprint density at radius 3 is 2.32 bits per heavy atom. The van der Waals surface area contributed by atoms with E-state index in [1.807, 2.05) is 32.9 Å². The van der Waals surface area contributed by atoms with Crippen molar-refractivity contribution in [3.63, 3.8) is 0 Å². The van der Waals surface area contributed by atoms with Crippen molar-refractivity contribution in [1.29, 1.82) is 0 Å². The summed E-state index contributed by atoms with van der Waals surface area (Å²) in [6, 6.07) is 6.68. The van der Waals surface area contributed by atoms with E-state index in [2.05, 4.69) is 11.5 Å². The second-order valence-corrected chi connectivity index (χ2v) is 8.03. The lowest BCUT2D eigenvalue weighted by molar-refractivity contribution is 0.0148. The maximum absolute atomic E-state index is 13.0. The van der Waals surface area contributed by atoms with Gasteiger partial charge in [0.1, 0.15) is 5.82 Å². The molecule has 0 atom stereocenters. The van der Waals surface area contributed by atoms with Crippen LogP contribution in [0.3, 0.4) is 0 Å². The summed E-state index contributed by atoms with van der Waals surface area (Å²) in [4.78, 5) is 16.4. The molecule has 1 aromatic carbocycles. The lowest BCUT2D eigenvalue weighted by atomic mass is 9.87. The Labute approximate surface area is 149 Å². The van der Waals surface area contributed by atoms with Crippen molar-refractivity contribution < 1.29 is 13.9 Å². The highest BCUT2D eigenvalue weighted by atomic mass is 19.1. The number of carbonyl (C=O) groups excluding carboxylic acids is 1. The Kier molecular flexibility index (Phi) is 4.62.